The van der Waals surface area contributed by atoms with Crippen molar-refractivity contribution in [1.29, 1.82) is 0 Å². The van der Waals surface area contributed by atoms with Crippen LogP contribution in [0.1, 0.15) is 12.5 Å². The van der Waals surface area contributed by atoms with Gasteiger partial charge in [0.25, 0.3) is 0 Å². The second-order valence-electron chi connectivity index (χ2n) is 3.93. The molecule has 2 N–H and O–H groups in total. The molecule has 96 valence electrons. The summed E-state index contributed by atoms with van der Waals surface area (Å²) in [6, 6.07) is 7.60. The number of ether oxygens (including phenoxy) is 1. The van der Waals surface area contributed by atoms with Gasteiger partial charge >= 0.3 is 10.3 Å². The Bertz CT molecular complexity index is 441. The van der Waals surface area contributed by atoms with E-state index in [4.69, 9.17) is 9.88 Å². The minimum Gasteiger partial charge on any atom is -0.497 e. The highest BCUT2D eigenvalue weighted by molar-refractivity contribution is 7.84. The van der Waals surface area contributed by atoms with Crippen molar-refractivity contribution in [2.24, 2.45) is 11.1 Å². The van der Waals surface area contributed by atoms with E-state index in [1.807, 2.05) is 31.2 Å². The van der Waals surface area contributed by atoms with Gasteiger partial charge in [-0.25, -0.2) is 5.14 Å². The SMILES string of the molecule is COc1ccc(C[C@H](C)COS(N)(=O)=O)cc1. The van der Waals surface area contributed by atoms with Gasteiger partial charge in [0.05, 0.1) is 13.7 Å². The van der Waals surface area contributed by atoms with Crippen LogP contribution in [0.5, 0.6) is 5.75 Å². The third kappa shape index (κ3) is 5.67. The first-order valence-electron chi connectivity index (χ1n) is 5.21. The summed E-state index contributed by atoms with van der Waals surface area (Å²) in [6.07, 6.45) is 0.722. The predicted octanol–water partition coefficient (Wildman–Crippen LogP) is 1.09. The molecule has 0 spiro atoms. The highest BCUT2D eigenvalue weighted by Crippen LogP contribution is 2.14. The highest BCUT2D eigenvalue weighted by Gasteiger charge is 2.09. The zero-order chi connectivity index (χ0) is 12.9. The van der Waals surface area contributed by atoms with Crippen molar-refractivity contribution >= 4 is 10.3 Å². The largest absolute Gasteiger partial charge is 0.497 e. The van der Waals surface area contributed by atoms with Gasteiger partial charge < -0.3 is 4.74 Å². The summed E-state index contributed by atoms with van der Waals surface area (Å²) < 4.78 is 30.8. The van der Waals surface area contributed by atoms with Crippen LogP contribution in [0.15, 0.2) is 24.3 Å². The van der Waals surface area contributed by atoms with Gasteiger partial charge in [0, 0.05) is 0 Å². The Morgan fingerprint density at radius 1 is 1.29 bits per heavy atom. The van der Waals surface area contributed by atoms with Crippen molar-refractivity contribution in [3.63, 3.8) is 0 Å². The van der Waals surface area contributed by atoms with Gasteiger partial charge in [-0.15, -0.1) is 0 Å². The first-order chi connectivity index (χ1) is 7.90. The zero-order valence-electron chi connectivity index (χ0n) is 9.92. The van der Waals surface area contributed by atoms with Crippen molar-refractivity contribution < 1.29 is 17.3 Å². The molecule has 17 heavy (non-hydrogen) atoms. The lowest BCUT2D eigenvalue weighted by Gasteiger charge is -2.11. The highest BCUT2D eigenvalue weighted by atomic mass is 32.2. The molecule has 0 heterocycles. The maximum absolute atomic E-state index is 10.6. The number of rotatable bonds is 6. The molecular formula is C11H17NO4S. The maximum atomic E-state index is 10.6. The van der Waals surface area contributed by atoms with E-state index in [2.05, 4.69) is 4.18 Å². The Morgan fingerprint density at radius 3 is 2.35 bits per heavy atom. The summed E-state index contributed by atoms with van der Waals surface area (Å²) >= 11 is 0. The lowest BCUT2D eigenvalue weighted by atomic mass is 10.0. The Kier molecular flexibility index (Phi) is 4.92. The number of nitrogens with two attached hydrogens (primary N) is 1. The van der Waals surface area contributed by atoms with E-state index in [0.717, 1.165) is 17.7 Å². The van der Waals surface area contributed by atoms with Crippen molar-refractivity contribution in [3.8, 4) is 5.75 Å². The molecule has 0 bridgehead atoms. The molecule has 1 rings (SSSR count). The Labute approximate surface area is 102 Å². The summed E-state index contributed by atoms with van der Waals surface area (Å²) in [5.41, 5.74) is 1.09. The summed E-state index contributed by atoms with van der Waals surface area (Å²) in [5, 5.41) is 4.75. The zero-order valence-corrected chi connectivity index (χ0v) is 10.7. The molecule has 6 heteroatoms. The Morgan fingerprint density at radius 2 is 1.88 bits per heavy atom. The fourth-order valence-corrected chi connectivity index (χ4v) is 1.86. The van der Waals surface area contributed by atoms with Gasteiger partial charge in [-0.1, -0.05) is 19.1 Å². The molecular weight excluding hydrogens is 242 g/mol. The van der Waals surface area contributed by atoms with Crippen LogP contribution in [0, 0.1) is 5.92 Å². The number of hydrogen-bond acceptors (Lipinski definition) is 4. The quantitative estimate of drug-likeness (QED) is 0.829. The predicted molar refractivity (Wildman–Crippen MR) is 64.9 cm³/mol. The van der Waals surface area contributed by atoms with Gasteiger partial charge in [0.1, 0.15) is 5.75 Å². The van der Waals surface area contributed by atoms with Crippen LogP contribution in [-0.4, -0.2) is 22.1 Å². The van der Waals surface area contributed by atoms with Gasteiger partial charge in [0.2, 0.25) is 0 Å². The fourth-order valence-electron chi connectivity index (χ4n) is 1.43. The van der Waals surface area contributed by atoms with Crippen LogP contribution >= 0.6 is 0 Å². The third-order valence-electron chi connectivity index (χ3n) is 2.26. The van der Waals surface area contributed by atoms with E-state index in [1.54, 1.807) is 7.11 Å². The van der Waals surface area contributed by atoms with Gasteiger partial charge in [-0.2, -0.15) is 8.42 Å². The Balaban J connectivity index is 2.47. The average molecular weight is 259 g/mol. The van der Waals surface area contributed by atoms with Crippen LogP contribution < -0.4 is 9.88 Å². The standard InChI is InChI=1S/C11H17NO4S/c1-9(8-16-17(12,13)14)7-10-3-5-11(15-2)6-4-10/h3-6,9H,7-8H2,1-2H3,(H2,12,13,14)/t9-/m0/s1. The topological polar surface area (TPSA) is 78.6 Å². The Hall–Kier alpha value is -1.11. The minimum atomic E-state index is -3.84. The van der Waals surface area contributed by atoms with Crippen molar-refractivity contribution in [2.45, 2.75) is 13.3 Å². The van der Waals surface area contributed by atoms with Crippen LogP contribution in [0.4, 0.5) is 0 Å². The van der Waals surface area contributed by atoms with Gasteiger partial charge in [-0.3, -0.25) is 4.18 Å². The second-order valence-corrected chi connectivity index (χ2v) is 5.16. The molecule has 0 saturated heterocycles. The first kappa shape index (κ1) is 14.0. The van der Waals surface area contributed by atoms with E-state index in [-0.39, 0.29) is 12.5 Å². The maximum Gasteiger partial charge on any atom is 0.333 e. The van der Waals surface area contributed by atoms with E-state index in [9.17, 15) is 8.42 Å². The fraction of sp³-hybridized carbons (Fsp3) is 0.455. The van der Waals surface area contributed by atoms with Gasteiger partial charge in [-0.05, 0) is 30.0 Å². The van der Waals surface area contributed by atoms with Crippen molar-refractivity contribution in [1.82, 2.24) is 0 Å². The van der Waals surface area contributed by atoms with Crippen LogP contribution in [0.3, 0.4) is 0 Å². The molecule has 0 aliphatic heterocycles. The molecule has 1 aromatic carbocycles. The molecule has 0 fully saturated rings. The lowest BCUT2D eigenvalue weighted by molar-refractivity contribution is 0.264. The van der Waals surface area contributed by atoms with E-state index >= 15 is 0 Å². The number of benzene rings is 1. The molecule has 0 aromatic heterocycles. The van der Waals surface area contributed by atoms with Crippen molar-refractivity contribution in [2.75, 3.05) is 13.7 Å². The number of methoxy groups -OCH3 is 1. The van der Waals surface area contributed by atoms with E-state index < -0.39 is 10.3 Å². The third-order valence-corrected chi connectivity index (χ3v) is 2.72. The molecule has 5 nitrogen and oxygen atoms in total. The molecule has 0 radical (unpaired) electrons. The summed E-state index contributed by atoms with van der Waals surface area (Å²) in [6.45, 7) is 1.99. The van der Waals surface area contributed by atoms with E-state index in [1.165, 1.54) is 0 Å². The second kappa shape index (κ2) is 6.00. The number of hydrogen-bond donors (Lipinski definition) is 1. The summed E-state index contributed by atoms with van der Waals surface area (Å²) in [4.78, 5) is 0. The molecule has 0 saturated carbocycles. The molecule has 0 aliphatic carbocycles. The molecule has 1 aromatic rings. The molecule has 1 atom stereocenters. The summed E-state index contributed by atoms with van der Waals surface area (Å²) in [5.74, 6) is 0.865. The molecule has 0 amide bonds. The molecule has 0 unspecified atom stereocenters. The normalized spacial score (nSPS) is 13.4. The lowest BCUT2D eigenvalue weighted by Crippen LogP contribution is -2.20. The van der Waals surface area contributed by atoms with Crippen molar-refractivity contribution in [3.05, 3.63) is 29.8 Å². The van der Waals surface area contributed by atoms with E-state index in [0.29, 0.717) is 0 Å². The first-order valence-corrected chi connectivity index (χ1v) is 6.68. The molecule has 0 aliphatic rings. The van der Waals surface area contributed by atoms with Gasteiger partial charge in [0.15, 0.2) is 0 Å². The van der Waals surface area contributed by atoms with Crippen LogP contribution in [-0.2, 0) is 20.9 Å². The van der Waals surface area contributed by atoms with Crippen LogP contribution in [0.2, 0.25) is 0 Å². The summed E-state index contributed by atoms with van der Waals surface area (Å²) in [7, 11) is -2.23. The van der Waals surface area contributed by atoms with Crippen LogP contribution in [0.25, 0.3) is 0 Å². The minimum absolute atomic E-state index is 0.0710. The monoisotopic (exact) mass is 259 g/mol. The average Bonchev–Trinajstić information content (AvgIpc) is 2.27. The smallest absolute Gasteiger partial charge is 0.333 e.